The Bertz CT molecular complexity index is 356. The van der Waals surface area contributed by atoms with Crippen molar-refractivity contribution in [3.8, 4) is 0 Å². The highest BCUT2D eigenvalue weighted by Gasteiger charge is 2.31. The van der Waals surface area contributed by atoms with E-state index in [4.69, 9.17) is 0 Å². The van der Waals surface area contributed by atoms with Gasteiger partial charge in [0, 0.05) is 5.56 Å². The van der Waals surface area contributed by atoms with E-state index in [0.717, 1.165) is 36.2 Å². The number of carbonyl (C=O) groups is 1. The van der Waals surface area contributed by atoms with Gasteiger partial charge in [0.1, 0.15) is 6.29 Å². The van der Waals surface area contributed by atoms with Crippen molar-refractivity contribution >= 4 is 18.0 Å². The predicted octanol–water partition coefficient (Wildman–Crippen LogP) is 2.21. The summed E-state index contributed by atoms with van der Waals surface area (Å²) in [4.78, 5) is 10.7. The standard InChI is InChI=1S/C12H14O2S/c13-9-10-2-1-3-11(8-10)12(14)4-6-15-7-5-12/h1-3,8-9,14H,4-7H2. The number of aliphatic hydroxyl groups is 1. The van der Waals surface area contributed by atoms with Gasteiger partial charge in [-0.05, 0) is 36.0 Å². The zero-order valence-corrected chi connectivity index (χ0v) is 9.30. The van der Waals surface area contributed by atoms with Gasteiger partial charge in [-0.15, -0.1) is 0 Å². The maximum absolute atomic E-state index is 10.7. The summed E-state index contributed by atoms with van der Waals surface area (Å²) in [6.45, 7) is 0. The molecule has 0 bridgehead atoms. The summed E-state index contributed by atoms with van der Waals surface area (Å²) in [5, 5.41) is 10.4. The molecule has 2 rings (SSSR count). The summed E-state index contributed by atoms with van der Waals surface area (Å²) in [6.07, 6.45) is 2.38. The van der Waals surface area contributed by atoms with E-state index in [-0.39, 0.29) is 0 Å². The van der Waals surface area contributed by atoms with Gasteiger partial charge in [-0.2, -0.15) is 11.8 Å². The molecule has 1 fully saturated rings. The number of thioether (sulfide) groups is 1. The van der Waals surface area contributed by atoms with Crippen LogP contribution in [0.1, 0.15) is 28.8 Å². The van der Waals surface area contributed by atoms with E-state index >= 15 is 0 Å². The molecule has 1 N–H and O–H groups in total. The molecule has 1 aromatic rings. The first-order valence-electron chi connectivity index (χ1n) is 5.10. The minimum atomic E-state index is -0.718. The Hall–Kier alpha value is -0.800. The van der Waals surface area contributed by atoms with Crippen LogP contribution in [0.4, 0.5) is 0 Å². The summed E-state index contributed by atoms with van der Waals surface area (Å²) in [5.41, 5.74) is 0.802. The van der Waals surface area contributed by atoms with Gasteiger partial charge in [-0.25, -0.2) is 0 Å². The van der Waals surface area contributed by atoms with E-state index in [1.54, 1.807) is 12.1 Å². The van der Waals surface area contributed by atoms with E-state index in [1.807, 2.05) is 23.9 Å². The van der Waals surface area contributed by atoms with E-state index in [9.17, 15) is 9.90 Å². The van der Waals surface area contributed by atoms with Gasteiger partial charge in [0.25, 0.3) is 0 Å². The van der Waals surface area contributed by atoms with E-state index in [0.29, 0.717) is 5.56 Å². The van der Waals surface area contributed by atoms with Crippen molar-refractivity contribution in [1.82, 2.24) is 0 Å². The fraction of sp³-hybridized carbons (Fsp3) is 0.417. The fourth-order valence-electron chi connectivity index (χ4n) is 1.90. The Balaban J connectivity index is 2.30. The average Bonchev–Trinajstić information content (AvgIpc) is 2.30. The van der Waals surface area contributed by atoms with Crippen molar-refractivity contribution in [3.05, 3.63) is 35.4 Å². The molecule has 3 heteroatoms. The van der Waals surface area contributed by atoms with E-state index < -0.39 is 5.60 Å². The Labute approximate surface area is 93.7 Å². The highest BCUT2D eigenvalue weighted by atomic mass is 32.2. The molecule has 0 radical (unpaired) electrons. The smallest absolute Gasteiger partial charge is 0.150 e. The molecule has 0 atom stereocenters. The van der Waals surface area contributed by atoms with E-state index in [2.05, 4.69) is 0 Å². The maximum atomic E-state index is 10.7. The molecule has 15 heavy (non-hydrogen) atoms. The summed E-state index contributed by atoms with van der Waals surface area (Å²) in [7, 11) is 0. The third kappa shape index (κ3) is 2.24. The van der Waals surface area contributed by atoms with Crippen molar-refractivity contribution in [2.45, 2.75) is 18.4 Å². The molecule has 0 saturated carbocycles. The molecule has 1 aliphatic rings. The summed E-state index contributed by atoms with van der Waals surface area (Å²) in [6, 6.07) is 7.29. The van der Waals surface area contributed by atoms with Crippen LogP contribution in [0, 0.1) is 0 Å². The second-order valence-electron chi connectivity index (χ2n) is 3.89. The number of hydrogen-bond acceptors (Lipinski definition) is 3. The number of rotatable bonds is 2. The van der Waals surface area contributed by atoms with Crippen molar-refractivity contribution < 1.29 is 9.90 Å². The number of benzene rings is 1. The van der Waals surface area contributed by atoms with Crippen LogP contribution in [0.25, 0.3) is 0 Å². The Morgan fingerprint density at radius 2 is 2.07 bits per heavy atom. The van der Waals surface area contributed by atoms with Crippen LogP contribution in [0.5, 0.6) is 0 Å². The second kappa shape index (κ2) is 4.37. The molecule has 2 nitrogen and oxygen atoms in total. The van der Waals surface area contributed by atoms with Crippen molar-refractivity contribution in [2.75, 3.05) is 11.5 Å². The van der Waals surface area contributed by atoms with Crippen LogP contribution < -0.4 is 0 Å². The van der Waals surface area contributed by atoms with Gasteiger partial charge in [-0.3, -0.25) is 4.79 Å². The van der Waals surface area contributed by atoms with Crippen molar-refractivity contribution in [1.29, 1.82) is 0 Å². The molecule has 1 aliphatic heterocycles. The fourth-order valence-corrected chi connectivity index (χ4v) is 3.07. The Morgan fingerprint density at radius 3 is 2.73 bits per heavy atom. The largest absolute Gasteiger partial charge is 0.385 e. The van der Waals surface area contributed by atoms with Crippen LogP contribution in [0.15, 0.2) is 24.3 Å². The third-order valence-electron chi connectivity index (χ3n) is 2.88. The van der Waals surface area contributed by atoms with Gasteiger partial charge in [0.2, 0.25) is 0 Å². The van der Waals surface area contributed by atoms with Gasteiger partial charge in [0.15, 0.2) is 0 Å². The highest BCUT2D eigenvalue weighted by Crippen LogP contribution is 2.35. The van der Waals surface area contributed by atoms with Crippen molar-refractivity contribution in [2.24, 2.45) is 0 Å². The molecular formula is C12H14O2S. The first kappa shape index (κ1) is 10.7. The minimum Gasteiger partial charge on any atom is -0.385 e. The van der Waals surface area contributed by atoms with Gasteiger partial charge < -0.3 is 5.11 Å². The van der Waals surface area contributed by atoms with E-state index in [1.165, 1.54) is 0 Å². The van der Waals surface area contributed by atoms with Gasteiger partial charge in [-0.1, -0.05) is 18.2 Å². The molecule has 0 aliphatic carbocycles. The molecule has 1 saturated heterocycles. The van der Waals surface area contributed by atoms with Crippen LogP contribution in [0.3, 0.4) is 0 Å². The maximum Gasteiger partial charge on any atom is 0.150 e. The predicted molar refractivity (Wildman–Crippen MR) is 62.3 cm³/mol. The van der Waals surface area contributed by atoms with Gasteiger partial charge in [0.05, 0.1) is 5.60 Å². The number of carbonyl (C=O) groups excluding carboxylic acids is 1. The number of aldehydes is 1. The minimum absolute atomic E-state index is 0.638. The van der Waals surface area contributed by atoms with Crippen LogP contribution in [-0.4, -0.2) is 22.9 Å². The molecule has 80 valence electrons. The summed E-state index contributed by atoms with van der Waals surface area (Å²) in [5.74, 6) is 1.98. The van der Waals surface area contributed by atoms with Crippen LogP contribution in [-0.2, 0) is 5.60 Å². The second-order valence-corrected chi connectivity index (χ2v) is 5.11. The van der Waals surface area contributed by atoms with Crippen molar-refractivity contribution in [3.63, 3.8) is 0 Å². The van der Waals surface area contributed by atoms with Gasteiger partial charge >= 0.3 is 0 Å². The zero-order chi connectivity index (χ0) is 10.7. The lowest BCUT2D eigenvalue weighted by Crippen LogP contribution is -2.30. The molecular weight excluding hydrogens is 208 g/mol. The monoisotopic (exact) mass is 222 g/mol. The molecule has 1 aromatic carbocycles. The molecule has 0 spiro atoms. The topological polar surface area (TPSA) is 37.3 Å². The first-order chi connectivity index (χ1) is 7.24. The summed E-state index contributed by atoms with van der Waals surface area (Å²) < 4.78 is 0. The average molecular weight is 222 g/mol. The Kier molecular flexibility index (Phi) is 3.12. The lowest BCUT2D eigenvalue weighted by Gasteiger charge is -2.32. The molecule has 1 heterocycles. The lowest BCUT2D eigenvalue weighted by atomic mass is 9.87. The quantitative estimate of drug-likeness (QED) is 0.780. The SMILES string of the molecule is O=Cc1cccc(C2(O)CCSCC2)c1. The number of hydrogen-bond donors (Lipinski definition) is 1. The third-order valence-corrected chi connectivity index (χ3v) is 3.87. The lowest BCUT2D eigenvalue weighted by molar-refractivity contribution is 0.0280. The summed E-state index contributed by atoms with van der Waals surface area (Å²) >= 11 is 1.87. The highest BCUT2D eigenvalue weighted by molar-refractivity contribution is 7.99. The first-order valence-corrected chi connectivity index (χ1v) is 6.26. The van der Waals surface area contributed by atoms with Crippen LogP contribution >= 0.6 is 11.8 Å². The zero-order valence-electron chi connectivity index (χ0n) is 8.48. The normalized spacial score (nSPS) is 19.8. The molecule has 0 amide bonds. The van der Waals surface area contributed by atoms with Crippen LogP contribution in [0.2, 0.25) is 0 Å². The molecule has 0 aromatic heterocycles. The Morgan fingerprint density at radius 1 is 1.33 bits per heavy atom. The molecule has 0 unspecified atom stereocenters.